The molecule has 2 heterocycles. The number of aromatic nitrogens is 1. The number of benzene rings is 1. The first-order chi connectivity index (χ1) is 18.3. The summed E-state index contributed by atoms with van der Waals surface area (Å²) in [5.74, 6) is -2.82. The van der Waals surface area contributed by atoms with Gasteiger partial charge in [0, 0.05) is 31.7 Å². The average molecular weight is 556 g/mol. The zero-order valence-corrected chi connectivity index (χ0v) is 21.6. The number of hydrogen-bond acceptors (Lipinski definition) is 6. The van der Waals surface area contributed by atoms with Crippen LogP contribution in [0.1, 0.15) is 44.6 Å². The largest absolute Gasteiger partial charge is 0.490 e. The number of fused-ring (bicyclic) bond motifs is 1. The van der Waals surface area contributed by atoms with E-state index < -0.39 is 30.3 Å². The molecule has 0 radical (unpaired) electrons. The highest BCUT2D eigenvalue weighted by Gasteiger charge is 2.39. The topological polar surface area (TPSA) is 166 Å². The SMILES string of the molecule is CCCCC(C(=O)N1CCCC1C(=O)NCc1ccc2c(N)nccc2c1)N(C)C(=O)O.O=C(O)C(F)(F)F. The molecular formula is C25H32F3N5O6. The van der Waals surface area contributed by atoms with Crippen LogP contribution in [0.5, 0.6) is 0 Å². The normalized spacial score (nSPS) is 15.7. The molecule has 3 rings (SSSR count). The molecule has 1 saturated heterocycles. The number of carbonyl (C=O) groups is 4. The molecular weight excluding hydrogens is 523 g/mol. The average Bonchev–Trinajstić information content (AvgIpc) is 3.37. The Morgan fingerprint density at radius 3 is 2.49 bits per heavy atom. The number of unbranched alkanes of at least 4 members (excludes halogenated alkanes) is 1. The van der Waals surface area contributed by atoms with Gasteiger partial charge in [-0.1, -0.05) is 31.9 Å². The maximum absolute atomic E-state index is 13.2. The Morgan fingerprint density at radius 2 is 1.90 bits per heavy atom. The van der Waals surface area contributed by atoms with Gasteiger partial charge in [-0.15, -0.1) is 0 Å². The predicted molar refractivity (Wildman–Crippen MR) is 136 cm³/mol. The monoisotopic (exact) mass is 555 g/mol. The van der Waals surface area contributed by atoms with E-state index >= 15 is 0 Å². The first-order valence-electron chi connectivity index (χ1n) is 12.2. The Morgan fingerprint density at radius 1 is 1.23 bits per heavy atom. The van der Waals surface area contributed by atoms with E-state index in [1.165, 1.54) is 7.05 Å². The molecule has 1 fully saturated rings. The van der Waals surface area contributed by atoms with E-state index in [1.807, 2.05) is 31.2 Å². The fourth-order valence-corrected chi connectivity index (χ4v) is 4.18. The number of likely N-dealkylation sites (N-methyl/N-ethyl adjacent to an activating group) is 1. The molecule has 39 heavy (non-hydrogen) atoms. The summed E-state index contributed by atoms with van der Waals surface area (Å²) in [6, 6.07) is 6.22. The summed E-state index contributed by atoms with van der Waals surface area (Å²) in [5, 5.41) is 21.2. The van der Waals surface area contributed by atoms with Crippen molar-refractivity contribution in [3.8, 4) is 0 Å². The van der Waals surface area contributed by atoms with Crippen LogP contribution in [0.15, 0.2) is 30.5 Å². The van der Waals surface area contributed by atoms with Gasteiger partial charge in [-0.05, 0) is 42.3 Å². The van der Waals surface area contributed by atoms with E-state index in [9.17, 15) is 32.7 Å². The molecule has 1 aliphatic heterocycles. The van der Waals surface area contributed by atoms with Crippen LogP contribution < -0.4 is 11.1 Å². The van der Waals surface area contributed by atoms with Crippen molar-refractivity contribution in [1.82, 2.24) is 20.1 Å². The van der Waals surface area contributed by atoms with Crippen LogP contribution in [0.2, 0.25) is 0 Å². The highest BCUT2D eigenvalue weighted by Crippen LogP contribution is 2.23. The summed E-state index contributed by atoms with van der Waals surface area (Å²) in [6.07, 6.45) is -1.27. The van der Waals surface area contributed by atoms with E-state index in [-0.39, 0.29) is 11.8 Å². The second-order valence-electron chi connectivity index (χ2n) is 9.01. The molecule has 2 aromatic rings. The summed E-state index contributed by atoms with van der Waals surface area (Å²) < 4.78 is 31.7. The number of carboxylic acids is 1. The number of nitrogens with zero attached hydrogens (tertiary/aromatic N) is 3. The summed E-state index contributed by atoms with van der Waals surface area (Å²) in [5.41, 5.74) is 6.81. The highest BCUT2D eigenvalue weighted by atomic mass is 19.4. The fourth-order valence-electron chi connectivity index (χ4n) is 4.18. The molecule has 0 bridgehead atoms. The molecule has 14 heteroatoms. The van der Waals surface area contributed by atoms with E-state index in [0.29, 0.717) is 38.2 Å². The number of aliphatic carboxylic acids is 1. The van der Waals surface area contributed by atoms with Gasteiger partial charge in [-0.2, -0.15) is 13.2 Å². The Bertz CT molecular complexity index is 1190. The smallest absolute Gasteiger partial charge is 0.475 e. The summed E-state index contributed by atoms with van der Waals surface area (Å²) in [4.78, 5) is 53.2. The number of alkyl halides is 3. The van der Waals surface area contributed by atoms with E-state index in [1.54, 1.807) is 11.1 Å². The number of nitrogens with two attached hydrogens (primary N) is 1. The van der Waals surface area contributed by atoms with Gasteiger partial charge in [-0.3, -0.25) is 14.5 Å². The molecule has 1 aliphatic rings. The molecule has 0 spiro atoms. The number of carbonyl (C=O) groups excluding carboxylic acids is 2. The van der Waals surface area contributed by atoms with Gasteiger partial charge in [0.05, 0.1) is 0 Å². The van der Waals surface area contributed by atoms with Gasteiger partial charge < -0.3 is 26.2 Å². The van der Waals surface area contributed by atoms with Crippen molar-refractivity contribution in [2.45, 2.75) is 63.8 Å². The third-order valence-corrected chi connectivity index (χ3v) is 6.29. The number of hydrogen-bond donors (Lipinski definition) is 4. The molecule has 5 N–H and O–H groups in total. The van der Waals surface area contributed by atoms with Gasteiger partial charge in [0.25, 0.3) is 0 Å². The molecule has 3 amide bonds. The van der Waals surface area contributed by atoms with Crippen molar-refractivity contribution in [2.75, 3.05) is 19.3 Å². The van der Waals surface area contributed by atoms with Crippen molar-refractivity contribution >= 4 is 40.5 Å². The Hall–Kier alpha value is -4.10. The van der Waals surface area contributed by atoms with E-state index in [4.69, 9.17) is 15.6 Å². The number of halogens is 3. The van der Waals surface area contributed by atoms with Crippen LogP contribution in [-0.2, 0) is 20.9 Å². The van der Waals surface area contributed by atoms with Crippen molar-refractivity contribution in [1.29, 1.82) is 0 Å². The van der Waals surface area contributed by atoms with Gasteiger partial charge in [-0.25, -0.2) is 14.6 Å². The van der Waals surface area contributed by atoms with Gasteiger partial charge in [0.2, 0.25) is 11.8 Å². The zero-order chi connectivity index (χ0) is 29.3. The van der Waals surface area contributed by atoms with Crippen molar-refractivity contribution in [3.63, 3.8) is 0 Å². The maximum atomic E-state index is 13.2. The minimum Gasteiger partial charge on any atom is -0.475 e. The number of carboxylic acid groups (broad SMARTS) is 2. The number of amides is 3. The van der Waals surface area contributed by atoms with Gasteiger partial charge in [0.1, 0.15) is 17.9 Å². The number of rotatable bonds is 8. The van der Waals surface area contributed by atoms with Crippen molar-refractivity contribution in [2.24, 2.45) is 0 Å². The summed E-state index contributed by atoms with van der Waals surface area (Å²) >= 11 is 0. The molecule has 0 saturated carbocycles. The Balaban J connectivity index is 0.000000673. The second-order valence-corrected chi connectivity index (χ2v) is 9.01. The minimum atomic E-state index is -5.08. The Labute approximate surface area is 222 Å². The second kappa shape index (κ2) is 13.6. The summed E-state index contributed by atoms with van der Waals surface area (Å²) in [7, 11) is 1.41. The molecule has 2 atom stereocenters. The molecule has 214 valence electrons. The van der Waals surface area contributed by atoms with Gasteiger partial charge >= 0.3 is 18.2 Å². The van der Waals surface area contributed by atoms with Crippen molar-refractivity contribution < 1.29 is 42.6 Å². The number of likely N-dealkylation sites (tertiary alicyclic amines) is 1. The zero-order valence-electron chi connectivity index (χ0n) is 21.6. The third kappa shape index (κ3) is 8.45. The van der Waals surface area contributed by atoms with Crippen LogP contribution >= 0.6 is 0 Å². The first-order valence-corrected chi connectivity index (χ1v) is 12.2. The van der Waals surface area contributed by atoms with Gasteiger partial charge in [0.15, 0.2) is 0 Å². The quantitative estimate of drug-likeness (QED) is 0.385. The minimum absolute atomic E-state index is 0.225. The lowest BCUT2D eigenvalue weighted by molar-refractivity contribution is -0.192. The first kappa shape index (κ1) is 31.1. The van der Waals surface area contributed by atoms with Crippen LogP contribution in [0.4, 0.5) is 23.8 Å². The lowest BCUT2D eigenvalue weighted by Gasteiger charge is -2.32. The number of anilines is 1. The van der Waals surface area contributed by atoms with E-state index in [0.717, 1.165) is 34.1 Å². The number of pyridine rings is 1. The lowest BCUT2D eigenvalue weighted by Crippen LogP contribution is -2.53. The lowest BCUT2D eigenvalue weighted by atomic mass is 10.1. The summed E-state index contributed by atoms with van der Waals surface area (Å²) in [6.45, 7) is 2.77. The number of nitrogen functional groups attached to an aromatic ring is 1. The standard InChI is InChI=1S/C23H31N5O4.C2HF3O2/c1-3-4-6-19(27(2)23(31)32)22(30)28-12-5-7-18(28)21(29)26-14-15-8-9-17-16(13-15)10-11-25-20(17)24;3-2(4,5)1(6)7/h8-11,13,18-19H,3-7,12,14H2,1-2H3,(H2,24,25)(H,26,29)(H,31,32);(H,6,7). The fraction of sp³-hybridized carbons (Fsp3) is 0.480. The van der Waals surface area contributed by atoms with E-state index in [2.05, 4.69) is 10.3 Å². The van der Waals surface area contributed by atoms with Crippen LogP contribution in [0.25, 0.3) is 10.8 Å². The maximum Gasteiger partial charge on any atom is 0.490 e. The van der Waals surface area contributed by atoms with Crippen LogP contribution in [0.3, 0.4) is 0 Å². The van der Waals surface area contributed by atoms with Crippen LogP contribution in [0, 0.1) is 0 Å². The number of nitrogens with one attached hydrogen (secondary N) is 1. The molecule has 11 nitrogen and oxygen atoms in total. The third-order valence-electron chi connectivity index (χ3n) is 6.29. The van der Waals surface area contributed by atoms with Crippen LogP contribution in [-0.4, -0.2) is 80.7 Å². The predicted octanol–water partition coefficient (Wildman–Crippen LogP) is 3.23. The highest BCUT2D eigenvalue weighted by molar-refractivity contribution is 5.92. The molecule has 1 aromatic carbocycles. The Kier molecular flexibility index (Phi) is 10.9. The molecule has 0 aliphatic carbocycles. The molecule has 2 unspecified atom stereocenters. The van der Waals surface area contributed by atoms with Crippen molar-refractivity contribution in [3.05, 3.63) is 36.0 Å². The molecule has 1 aromatic heterocycles.